The van der Waals surface area contributed by atoms with Crippen LogP contribution >= 0.6 is 11.6 Å². The number of carbonyl (C=O) groups is 2. The van der Waals surface area contributed by atoms with Crippen LogP contribution in [0, 0.1) is 0 Å². The number of nitrogens with two attached hydrogens (primary N) is 2. The van der Waals surface area contributed by atoms with E-state index in [4.69, 9.17) is 27.8 Å². The van der Waals surface area contributed by atoms with Crippen LogP contribution in [0.2, 0.25) is 5.02 Å². The van der Waals surface area contributed by atoms with E-state index in [2.05, 4.69) is 10.3 Å². The molecular weight excluding hydrogens is 296 g/mol. The minimum atomic E-state index is -0.816. The quantitative estimate of drug-likeness (QED) is 0.690. The van der Waals surface area contributed by atoms with E-state index < -0.39 is 11.9 Å². The zero-order valence-electron chi connectivity index (χ0n) is 11.1. The third-order valence-corrected chi connectivity index (χ3v) is 3.02. The van der Waals surface area contributed by atoms with Crippen LogP contribution in [0.15, 0.2) is 24.3 Å². The zero-order chi connectivity index (χ0) is 15.6. The third kappa shape index (κ3) is 3.09. The van der Waals surface area contributed by atoms with Gasteiger partial charge in [-0.25, -0.2) is 4.79 Å². The number of urea groups is 1. The Hall–Kier alpha value is -2.67. The van der Waals surface area contributed by atoms with E-state index in [1.165, 1.54) is 13.2 Å². The van der Waals surface area contributed by atoms with Crippen molar-refractivity contribution in [3.8, 4) is 17.0 Å². The molecule has 110 valence electrons. The monoisotopic (exact) mass is 308 g/mol. The van der Waals surface area contributed by atoms with Gasteiger partial charge >= 0.3 is 6.03 Å². The average molecular weight is 309 g/mol. The van der Waals surface area contributed by atoms with Crippen molar-refractivity contribution < 1.29 is 14.3 Å². The molecule has 0 fully saturated rings. The molecule has 1 aromatic carbocycles. The second kappa shape index (κ2) is 5.76. The van der Waals surface area contributed by atoms with Crippen molar-refractivity contribution in [1.29, 1.82) is 0 Å². The van der Waals surface area contributed by atoms with Crippen molar-refractivity contribution in [2.75, 3.05) is 12.4 Å². The number of aromatic amines is 1. The number of hydrogen-bond donors (Lipinski definition) is 4. The van der Waals surface area contributed by atoms with Crippen LogP contribution in [0.1, 0.15) is 10.4 Å². The number of amides is 3. The first kappa shape index (κ1) is 14.7. The van der Waals surface area contributed by atoms with Crippen LogP contribution in [0.4, 0.5) is 10.6 Å². The van der Waals surface area contributed by atoms with Crippen LogP contribution in [0.3, 0.4) is 0 Å². The molecule has 6 N–H and O–H groups in total. The van der Waals surface area contributed by atoms with E-state index in [-0.39, 0.29) is 11.4 Å². The highest BCUT2D eigenvalue weighted by Crippen LogP contribution is 2.34. The molecule has 21 heavy (non-hydrogen) atoms. The number of ether oxygens (including phenoxy) is 1. The molecule has 0 radical (unpaired) electrons. The highest BCUT2D eigenvalue weighted by atomic mass is 35.5. The van der Waals surface area contributed by atoms with Crippen molar-refractivity contribution in [3.05, 3.63) is 34.9 Å². The number of primary amides is 2. The molecule has 2 rings (SSSR count). The van der Waals surface area contributed by atoms with Crippen molar-refractivity contribution in [3.63, 3.8) is 0 Å². The largest absolute Gasteiger partial charge is 0.496 e. The van der Waals surface area contributed by atoms with Gasteiger partial charge in [-0.05, 0) is 24.3 Å². The van der Waals surface area contributed by atoms with Gasteiger partial charge < -0.3 is 21.2 Å². The molecule has 1 aromatic heterocycles. The van der Waals surface area contributed by atoms with Gasteiger partial charge in [0.05, 0.1) is 18.4 Å². The molecule has 0 aliphatic carbocycles. The van der Waals surface area contributed by atoms with Gasteiger partial charge in [-0.15, -0.1) is 0 Å². The molecule has 2 aromatic rings. The fraction of sp³-hybridized carbons (Fsp3) is 0.0769. The van der Waals surface area contributed by atoms with Crippen LogP contribution in [-0.2, 0) is 0 Å². The number of methoxy groups -OCH3 is 1. The molecule has 0 bridgehead atoms. The molecule has 0 aliphatic rings. The van der Waals surface area contributed by atoms with Crippen molar-refractivity contribution >= 4 is 29.4 Å². The Labute approximate surface area is 125 Å². The maximum atomic E-state index is 11.4. The van der Waals surface area contributed by atoms with E-state index >= 15 is 0 Å². The van der Waals surface area contributed by atoms with E-state index in [1.807, 2.05) is 0 Å². The van der Waals surface area contributed by atoms with Crippen LogP contribution < -0.4 is 21.5 Å². The second-order valence-corrected chi connectivity index (χ2v) is 4.61. The molecule has 0 atom stereocenters. The Balaban J connectivity index is 2.57. The maximum absolute atomic E-state index is 11.4. The number of H-pyrrole nitrogens is 1. The van der Waals surface area contributed by atoms with Crippen LogP contribution in [-0.4, -0.2) is 24.0 Å². The summed E-state index contributed by atoms with van der Waals surface area (Å²) >= 11 is 5.97. The molecule has 0 saturated heterocycles. The van der Waals surface area contributed by atoms with Gasteiger partial charge in [0.15, 0.2) is 0 Å². The summed E-state index contributed by atoms with van der Waals surface area (Å²) in [6.45, 7) is 0. The third-order valence-electron chi connectivity index (χ3n) is 2.78. The van der Waals surface area contributed by atoms with Crippen molar-refractivity contribution in [1.82, 2.24) is 4.98 Å². The number of hydrogen-bond acceptors (Lipinski definition) is 3. The fourth-order valence-electron chi connectivity index (χ4n) is 1.91. The van der Waals surface area contributed by atoms with Gasteiger partial charge in [0.25, 0.3) is 5.91 Å². The van der Waals surface area contributed by atoms with E-state index in [9.17, 15) is 9.59 Å². The van der Waals surface area contributed by atoms with Crippen LogP contribution in [0.5, 0.6) is 5.75 Å². The van der Waals surface area contributed by atoms with Crippen molar-refractivity contribution in [2.45, 2.75) is 0 Å². The summed E-state index contributed by atoms with van der Waals surface area (Å²) in [6.07, 6.45) is 0. The topological polar surface area (TPSA) is 123 Å². The summed E-state index contributed by atoms with van der Waals surface area (Å²) in [5, 5.41) is 2.80. The molecule has 1 heterocycles. The lowest BCUT2D eigenvalue weighted by atomic mass is 10.1. The Morgan fingerprint density at radius 1 is 1.29 bits per heavy atom. The van der Waals surface area contributed by atoms with E-state index in [1.54, 1.807) is 18.2 Å². The predicted octanol–water partition coefficient (Wildman–Crippen LogP) is 1.93. The summed E-state index contributed by atoms with van der Waals surface area (Å²) in [7, 11) is 1.51. The standard InChI is InChI=1S/C13H13ClN4O3/c1-21-10-3-2-6(14)4-7(10)9-5-8(11(15)19)12(17-9)18-13(16)20/h2-5,17H,1H3,(H2,15,19)(H3,16,18,20). The molecule has 7 nitrogen and oxygen atoms in total. The molecule has 3 amide bonds. The average Bonchev–Trinajstić information content (AvgIpc) is 2.81. The summed E-state index contributed by atoms with van der Waals surface area (Å²) in [5.41, 5.74) is 11.6. The molecule has 0 saturated carbocycles. The minimum absolute atomic E-state index is 0.103. The molecule has 0 unspecified atom stereocenters. The smallest absolute Gasteiger partial charge is 0.317 e. The van der Waals surface area contributed by atoms with E-state index in [0.29, 0.717) is 22.0 Å². The summed E-state index contributed by atoms with van der Waals surface area (Å²) < 4.78 is 5.24. The predicted molar refractivity (Wildman–Crippen MR) is 79.5 cm³/mol. The first-order valence-electron chi connectivity index (χ1n) is 5.85. The number of aromatic nitrogens is 1. The van der Waals surface area contributed by atoms with Gasteiger partial charge in [-0.3, -0.25) is 10.1 Å². The number of benzene rings is 1. The number of carbonyl (C=O) groups excluding carboxylic acids is 2. The molecule has 8 heteroatoms. The lowest BCUT2D eigenvalue weighted by Crippen LogP contribution is -2.22. The summed E-state index contributed by atoms with van der Waals surface area (Å²) in [5.74, 6) is -0.0448. The summed E-state index contributed by atoms with van der Waals surface area (Å²) in [4.78, 5) is 25.2. The Kier molecular flexibility index (Phi) is 4.04. The number of nitrogens with one attached hydrogen (secondary N) is 2. The van der Waals surface area contributed by atoms with Gasteiger partial charge in [-0.2, -0.15) is 0 Å². The highest BCUT2D eigenvalue weighted by Gasteiger charge is 2.17. The maximum Gasteiger partial charge on any atom is 0.317 e. The van der Waals surface area contributed by atoms with Gasteiger partial charge in [0, 0.05) is 10.6 Å². The lowest BCUT2D eigenvalue weighted by Gasteiger charge is -2.07. The molecule has 0 aliphatic heterocycles. The lowest BCUT2D eigenvalue weighted by molar-refractivity contribution is 0.100. The van der Waals surface area contributed by atoms with Gasteiger partial charge in [-0.1, -0.05) is 11.6 Å². The summed E-state index contributed by atoms with van der Waals surface area (Å²) in [6, 6.07) is 5.69. The SMILES string of the molecule is COc1ccc(Cl)cc1-c1cc(C(N)=O)c(NC(N)=O)[nH]1. The zero-order valence-corrected chi connectivity index (χ0v) is 11.8. The fourth-order valence-corrected chi connectivity index (χ4v) is 2.08. The minimum Gasteiger partial charge on any atom is -0.496 e. The Morgan fingerprint density at radius 2 is 2.00 bits per heavy atom. The van der Waals surface area contributed by atoms with Crippen molar-refractivity contribution in [2.24, 2.45) is 11.5 Å². The number of rotatable bonds is 4. The normalized spacial score (nSPS) is 10.2. The van der Waals surface area contributed by atoms with Gasteiger partial charge in [0.1, 0.15) is 11.6 Å². The van der Waals surface area contributed by atoms with Gasteiger partial charge in [0.2, 0.25) is 0 Å². The molecular formula is C13H13ClN4O3. The molecule has 0 spiro atoms. The number of halogens is 1. The Bertz CT molecular complexity index is 711. The first-order chi connectivity index (χ1) is 9.92. The highest BCUT2D eigenvalue weighted by molar-refractivity contribution is 6.31. The Morgan fingerprint density at radius 3 is 2.57 bits per heavy atom. The first-order valence-corrected chi connectivity index (χ1v) is 6.23. The van der Waals surface area contributed by atoms with E-state index in [0.717, 1.165) is 0 Å². The second-order valence-electron chi connectivity index (χ2n) is 4.17. The number of anilines is 1. The van der Waals surface area contributed by atoms with Crippen LogP contribution in [0.25, 0.3) is 11.3 Å².